The molecule has 0 spiro atoms. The molecule has 1 saturated heterocycles. The Morgan fingerprint density at radius 3 is 2.61 bits per heavy atom. The molecule has 2 aromatic carbocycles. The highest BCUT2D eigenvalue weighted by Crippen LogP contribution is 2.26. The van der Waals surface area contributed by atoms with E-state index < -0.39 is 0 Å². The standard InChI is InChI=1S/C22H26N6O2S/c1-15-4-5-16(2)20(14-15)28-22(24-25-26-28)31-17(3)21(29)23-18-6-8-19(9-7-18)27-10-12-30-13-11-27/h4-9,14,17H,10-13H2,1-3H3,(H,23,29). The molecule has 4 rings (SSSR count). The first-order chi connectivity index (χ1) is 15.0. The topological polar surface area (TPSA) is 85.2 Å². The smallest absolute Gasteiger partial charge is 0.237 e. The molecule has 1 N–H and O–H groups in total. The number of aromatic nitrogens is 4. The molecule has 0 radical (unpaired) electrons. The number of hydrogen-bond donors (Lipinski definition) is 1. The van der Waals surface area contributed by atoms with E-state index in [0.29, 0.717) is 5.16 Å². The van der Waals surface area contributed by atoms with Crippen LogP contribution in [0.2, 0.25) is 0 Å². The fraction of sp³-hybridized carbons (Fsp3) is 0.364. The molecule has 1 unspecified atom stereocenters. The van der Waals surface area contributed by atoms with Crippen LogP contribution in [0.1, 0.15) is 18.1 Å². The predicted octanol–water partition coefficient (Wildman–Crippen LogP) is 3.24. The quantitative estimate of drug-likeness (QED) is 0.592. The first kappa shape index (κ1) is 21.3. The fourth-order valence-corrected chi connectivity index (χ4v) is 4.18. The summed E-state index contributed by atoms with van der Waals surface area (Å²) >= 11 is 1.33. The number of anilines is 2. The van der Waals surface area contributed by atoms with Crippen LogP contribution in [-0.4, -0.2) is 57.7 Å². The van der Waals surface area contributed by atoms with Gasteiger partial charge in [-0.1, -0.05) is 23.9 Å². The van der Waals surface area contributed by atoms with E-state index >= 15 is 0 Å². The minimum Gasteiger partial charge on any atom is -0.378 e. The maximum absolute atomic E-state index is 12.8. The number of carbonyl (C=O) groups is 1. The Labute approximate surface area is 186 Å². The van der Waals surface area contributed by atoms with Gasteiger partial charge in [-0.3, -0.25) is 4.79 Å². The van der Waals surface area contributed by atoms with Gasteiger partial charge in [0.2, 0.25) is 11.1 Å². The number of morpholine rings is 1. The molecule has 1 aliphatic rings. The fourth-order valence-electron chi connectivity index (χ4n) is 3.38. The molecular weight excluding hydrogens is 412 g/mol. The van der Waals surface area contributed by atoms with Gasteiger partial charge < -0.3 is 15.0 Å². The predicted molar refractivity (Wildman–Crippen MR) is 122 cm³/mol. The highest BCUT2D eigenvalue weighted by atomic mass is 32.2. The summed E-state index contributed by atoms with van der Waals surface area (Å²) in [5.74, 6) is -0.0976. The maximum atomic E-state index is 12.8. The van der Waals surface area contributed by atoms with Gasteiger partial charge in [0, 0.05) is 24.5 Å². The van der Waals surface area contributed by atoms with Crippen molar-refractivity contribution in [2.24, 2.45) is 0 Å². The third-order valence-corrected chi connectivity index (χ3v) is 6.23. The Bertz CT molecular complexity index is 1050. The van der Waals surface area contributed by atoms with Crippen LogP contribution >= 0.6 is 11.8 Å². The van der Waals surface area contributed by atoms with Gasteiger partial charge in [-0.15, -0.1) is 5.10 Å². The second-order valence-electron chi connectivity index (χ2n) is 7.56. The van der Waals surface area contributed by atoms with Crippen molar-refractivity contribution >= 4 is 29.0 Å². The number of amides is 1. The average molecular weight is 439 g/mol. The Morgan fingerprint density at radius 1 is 1.13 bits per heavy atom. The highest BCUT2D eigenvalue weighted by molar-refractivity contribution is 8.00. The monoisotopic (exact) mass is 438 g/mol. The number of hydrogen-bond acceptors (Lipinski definition) is 7. The Hall–Kier alpha value is -2.91. The van der Waals surface area contributed by atoms with Crippen LogP contribution in [0.3, 0.4) is 0 Å². The maximum Gasteiger partial charge on any atom is 0.237 e. The Balaban J connectivity index is 1.40. The molecule has 1 atom stereocenters. The lowest BCUT2D eigenvalue weighted by Gasteiger charge is -2.28. The first-order valence-electron chi connectivity index (χ1n) is 10.3. The van der Waals surface area contributed by atoms with Gasteiger partial charge in [0.05, 0.1) is 24.2 Å². The third-order valence-electron chi connectivity index (χ3n) is 5.20. The number of aryl methyl sites for hydroxylation is 2. The van der Waals surface area contributed by atoms with Crippen LogP contribution in [0.15, 0.2) is 47.6 Å². The van der Waals surface area contributed by atoms with E-state index in [1.54, 1.807) is 4.68 Å². The number of rotatable bonds is 6. The van der Waals surface area contributed by atoms with E-state index in [4.69, 9.17) is 4.74 Å². The van der Waals surface area contributed by atoms with Gasteiger partial charge in [0.25, 0.3) is 0 Å². The van der Waals surface area contributed by atoms with Crippen LogP contribution in [0.4, 0.5) is 11.4 Å². The van der Waals surface area contributed by atoms with Gasteiger partial charge in [-0.05, 0) is 72.7 Å². The van der Waals surface area contributed by atoms with Crippen molar-refractivity contribution in [2.75, 3.05) is 36.5 Å². The largest absolute Gasteiger partial charge is 0.378 e. The third kappa shape index (κ3) is 5.05. The summed E-state index contributed by atoms with van der Waals surface area (Å²) in [5.41, 5.74) is 5.01. The molecular formula is C22H26N6O2S. The van der Waals surface area contributed by atoms with Crippen molar-refractivity contribution in [1.29, 1.82) is 0 Å². The number of ether oxygens (including phenoxy) is 1. The van der Waals surface area contributed by atoms with Crippen molar-refractivity contribution in [3.8, 4) is 5.69 Å². The van der Waals surface area contributed by atoms with Crippen molar-refractivity contribution in [2.45, 2.75) is 31.2 Å². The second kappa shape index (κ2) is 9.49. The lowest BCUT2D eigenvalue weighted by Crippen LogP contribution is -2.36. The van der Waals surface area contributed by atoms with Gasteiger partial charge in [-0.2, -0.15) is 4.68 Å². The Morgan fingerprint density at radius 2 is 1.87 bits per heavy atom. The molecule has 1 aliphatic heterocycles. The van der Waals surface area contributed by atoms with E-state index in [1.165, 1.54) is 11.8 Å². The molecule has 31 heavy (non-hydrogen) atoms. The van der Waals surface area contributed by atoms with E-state index in [0.717, 1.165) is 54.5 Å². The van der Waals surface area contributed by atoms with E-state index in [9.17, 15) is 4.79 Å². The summed E-state index contributed by atoms with van der Waals surface area (Å²) in [7, 11) is 0. The van der Waals surface area contributed by atoms with Gasteiger partial charge >= 0.3 is 0 Å². The van der Waals surface area contributed by atoms with Crippen LogP contribution in [0.5, 0.6) is 0 Å². The van der Waals surface area contributed by atoms with E-state index in [-0.39, 0.29) is 11.2 Å². The molecule has 3 aromatic rings. The van der Waals surface area contributed by atoms with Crippen LogP contribution in [-0.2, 0) is 9.53 Å². The van der Waals surface area contributed by atoms with Gasteiger partial charge in [0.15, 0.2) is 0 Å². The summed E-state index contributed by atoms with van der Waals surface area (Å²) < 4.78 is 7.09. The minimum atomic E-state index is -0.367. The zero-order valence-corrected chi connectivity index (χ0v) is 18.7. The summed E-state index contributed by atoms with van der Waals surface area (Å²) in [4.78, 5) is 15.0. The number of thioether (sulfide) groups is 1. The van der Waals surface area contributed by atoms with Crippen molar-refractivity contribution in [3.05, 3.63) is 53.6 Å². The van der Waals surface area contributed by atoms with Crippen LogP contribution < -0.4 is 10.2 Å². The van der Waals surface area contributed by atoms with E-state index in [1.807, 2.05) is 57.2 Å². The lowest BCUT2D eigenvalue weighted by molar-refractivity contribution is -0.115. The average Bonchev–Trinajstić information content (AvgIpc) is 3.24. The first-order valence-corrected chi connectivity index (χ1v) is 11.2. The Kier molecular flexibility index (Phi) is 6.53. The van der Waals surface area contributed by atoms with E-state index in [2.05, 4.69) is 31.8 Å². The molecule has 2 heterocycles. The molecule has 162 valence electrons. The highest BCUT2D eigenvalue weighted by Gasteiger charge is 2.20. The normalized spacial score (nSPS) is 15.0. The molecule has 1 amide bonds. The van der Waals surface area contributed by atoms with Crippen molar-refractivity contribution < 1.29 is 9.53 Å². The summed E-state index contributed by atoms with van der Waals surface area (Å²) in [6.45, 7) is 9.15. The molecule has 0 bridgehead atoms. The zero-order chi connectivity index (χ0) is 21.8. The zero-order valence-electron chi connectivity index (χ0n) is 17.9. The van der Waals surface area contributed by atoms with Gasteiger partial charge in [-0.25, -0.2) is 0 Å². The molecule has 8 nitrogen and oxygen atoms in total. The summed E-state index contributed by atoms with van der Waals surface area (Å²) in [5, 5.41) is 15.3. The van der Waals surface area contributed by atoms with Crippen molar-refractivity contribution in [1.82, 2.24) is 20.2 Å². The molecule has 1 aromatic heterocycles. The SMILES string of the molecule is Cc1ccc(C)c(-n2nnnc2SC(C)C(=O)Nc2ccc(N3CCOCC3)cc2)c1. The summed E-state index contributed by atoms with van der Waals surface area (Å²) in [6.07, 6.45) is 0. The molecule has 1 fully saturated rings. The molecule has 9 heteroatoms. The molecule has 0 aliphatic carbocycles. The summed E-state index contributed by atoms with van der Waals surface area (Å²) in [6, 6.07) is 14.0. The van der Waals surface area contributed by atoms with Crippen LogP contribution in [0, 0.1) is 13.8 Å². The second-order valence-corrected chi connectivity index (χ2v) is 8.87. The lowest BCUT2D eigenvalue weighted by atomic mass is 10.1. The van der Waals surface area contributed by atoms with Crippen LogP contribution in [0.25, 0.3) is 5.69 Å². The molecule has 0 saturated carbocycles. The number of nitrogens with one attached hydrogen (secondary N) is 1. The number of benzene rings is 2. The number of carbonyl (C=O) groups excluding carboxylic acids is 1. The minimum absolute atomic E-state index is 0.0976. The van der Waals surface area contributed by atoms with Gasteiger partial charge in [0.1, 0.15) is 0 Å². The van der Waals surface area contributed by atoms with Crippen molar-refractivity contribution in [3.63, 3.8) is 0 Å². The number of nitrogens with zero attached hydrogens (tertiary/aromatic N) is 5. The number of tetrazole rings is 1.